The number of fused-ring (bicyclic) bond motifs is 1. The van der Waals surface area contributed by atoms with Crippen LogP contribution in [-0.2, 0) is 11.2 Å². The molecule has 6 nitrogen and oxygen atoms in total. The molecule has 4 rings (SSSR count). The molecule has 0 aliphatic carbocycles. The van der Waals surface area contributed by atoms with E-state index in [9.17, 15) is 10.1 Å². The number of carbonyl (C=O) groups excluding carboxylic acids is 1. The fourth-order valence-electron chi connectivity index (χ4n) is 3.69. The Hall–Kier alpha value is -3.47. The number of ether oxygens (including phenoxy) is 3. The van der Waals surface area contributed by atoms with Crippen molar-refractivity contribution in [3.63, 3.8) is 0 Å². The molecule has 0 amide bonds. The van der Waals surface area contributed by atoms with Crippen LogP contribution in [-0.4, -0.2) is 13.1 Å². The third-order valence-electron chi connectivity index (χ3n) is 5.19. The number of nitriles is 1. The maximum Gasteiger partial charge on any atom is 0.315 e. The number of hydrogen-bond donors (Lipinski definition) is 1. The molecule has 166 valence electrons. The summed E-state index contributed by atoms with van der Waals surface area (Å²) in [4.78, 5) is 12.4. The van der Waals surface area contributed by atoms with Gasteiger partial charge in [-0.2, -0.15) is 5.26 Å². The van der Waals surface area contributed by atoms with E-state index in [1.54, 1.807) is 49.6 Å². The highest BCUT2D eigenvalue weighted by molar-refractivity contribution is 9.10. The van der Waals surface area contributed by atoms with E-state index in [-0.39, 0.29) is 17.9 Å². The first kappa shape index (κ1) is 22.7. The average Bonchev–Trinajstić information content (AvgIpc) is 2.79. The fourth-order valence-corrected chi connectivity index (χ4v) is 4.19. The van der Waals surface area contributed by atoms with Gasteiger partial charge in [0.25, 0.3) is 0 Å². The molecular formula is C25H18BrClN2O4. The second-order valence-electron chi connectivity index (χ2n) is 7.29. The SMILES string of the molecule is COc1ccc(Br)cc1C1C(C#N)=C(N)Oc2cc(OC(=O)Cc3ccc(Cl)cc3)ccc21. The van der Waals surface area contributed by atoms with Gasteiger partial charge in [-0.05, 0) is 42.0 Å². The summed E-state index contributed by atoms with van der Waals surface area (Å²) in [5.74, 6) is 0.359. The maximum absolute atomic E-state index is 12.4. The molecule has 0 spiro atoms. The summed E-state index contributed by atoms with van der Waals surface area (Å²) in [6.07, 6.45) is 0.0909. The number of hydrogen-bond acceptors (Lipinski definition) is 6. The molecule has 0 aromatic heterocycles. The third kappa shape index (κ3) is 4.82. The second kappa shape index (κ2) is 9.57. The Kier molecular flexibility index (Phi) is 6.59. The zero-order valence-electron chi connectivity index (χ0n) is 17.5. The number of carbonyl (C=O) groups is 1. The minimum atomic E-state index is -0.509. The zero-order valence-corrected chi connectivity index (χ0v) is 19.8. The van der Waals surface area contributed by atoms with Gasteiger partial charge in [0.05, 0.1) is 19.4 Å². The summed E-state index contributed by atoms with van der Waals surface area (Å²) < 4.78 is 17.6. The van der Waals surface area contributed by atoms with Gasteiger partial charge in [-0.15, -0.1) is 0 Å². The normalized spacial score (nSPS) is 14.7. The molecule has 1 aliphatic heterocycles. The zero-order chi connectivity index (χ0) is 23.5. The Morgan fingerprint density at radius 2 is 1.91 bits per heavy atom. The van der Waals surface area contributed by atoms with Gasteiger partial charge in [-0.1, -0.05) is 45.7 Å². The fraction of sp³-hybridized carbons (Fsp3) is 0.120. The molecule has 3 aromatic rings. The van der Waals surface area contributed by atoms with Crippen LogP contribution in [0.1, 0.15) is 22.6 Å². The number of halogens is 2. The molecule has 0 fully saturated rings. The van der Waals surface area contributed by atoms with Crippen LogP contribution in [0.15, 0.2) is 76.6 Å². The standard InChI is InChI=1S/C25H18BrClN2O4/c1-31-21-9-4-15(26)11-19(21)24-18-8-7-17(12-22(18)33-25(29)20(24)13-28)32-23(30)10-14-2-5-16(27)6-3-14/h2-9,11-12,24H,10,29H2,1H3. The summed E-state index contributed by atoms with van der Waals surface area (Å²) in [6.45, 7) is 0. The van der Waals surface area contributed by atoms with Gasteiger partial charge in [-0.25, -0.2) is 0 Å². The first-order chi connectivity index (χ1) is 15.9. The molecule has 1 aliphatic rings. The number of nitrogens with two attached hydrogens (primary N) is 1. The molecule has 1 atom stereocenters. The summed E-state index contributed by atoms with van der Waals surface area (Å²) in [5.41, 5.74) is 8.60. The number of esters is 1. The van der Waals surface area contributed by atoms with Gasteiger partial charge in [0, 0.05) is 26.7 Å². The smallest absolute Gasteiger partial charge is 0.315 e. The van der Waals surface area contributed by atoms with E-state index in [2.05, 4.69) is 22.0 Å². The highest BCUT2D eigenvalue weighted by Gasteiger charge is 2.33. The van der Waals surface area contributed by atoms with E-state index in [0.717, 1.165) is 15.6 Å². The van der Waals surface area contributed by atoms with Crippen molar-refractivity contribution >= 4 is 33.5 Å². The van der Waals surface area contributed by atoms with Crippen molar-refractivity contribution in [2.45, 2.75) is 12.3 Å². The van der Waals surface area contributed by atoms with Gasteiger partial charge in [-0.3, -0.25) is 4.79 Å². The van der Waals surface area contributed by atoms with Crippen molar-refractivity contribution in [1.29, 1.82) is 5.26 Å². The van der Waals surface area contributed by atoms with Gasteiger partial charge in [0.1, 0.15) is 28.9 Å². The Morgan fingerprint density at radius 3 is 2.61 bits per heavy atom. The van der Waals surface area contributed by atoms with Gasteiger partial charge < -0.3 is 19.9 Å². The van der Waals surface area contributed by atoms with Gasteiger partial charge >= 0.3 is 5.97 Å². The number of allylic oxidation sites excluding steroid dienone is 1. The predicted octanol–water partition coefficient (Wildman–Crippen LogP) is 5.48. The largest absolute Gasteiger partial charge is 0.496 e. The number of nitrogens with zero attached hydrogens (tertiary/aromatic N) is 1. The van der Waals surface area contributed by atoms with Crippen molar-refractivity contribution < 1.29 is 19.0 Å². The molecule has 0 bridgehead atoms. The van der Waals surface area contributed by atoms with Crippen molar-refractivity contribution in [3.05, 3.63) is 98.3 Å². The van der Waals surface area contributed by atoms with E-state index in [0.29, 0.717) is 27.8 Å². The van der Waals surface area contributed by atoms with E-state index >= 15 is 0 Å². The minimum absolute atomic E-state index is 0.0123. The molecule has 1 heterocycles. The monoisotopic (exact) mass is 524 g/mol. The van der Waals surface area contributed by atoms with Crippen LogP contribution in [0.2, 0.25) is 5.02 Å². The Bertz CT molecular complexity index is 1300. The van der Waals surface area contributed by atoms with Crippen molar-refractivity contribution in [2.24, 2.45) is 5.73 Å². The number of methoxy groups -OCH3 is 1. The second-order valence-corrected chi connectivity index (χ2v) is 8.64. The van der Waals surface area contributed by atoms with Crippen molar-refractivity contribution in [3.8, 4) is 23.3 Å². The van der Waals surface area contributed by atoms with Crippen LogP contribution in [0, 0.1) is 11.3 Å². The summed E-state index contributed by atoms with van der Waals surface area (Å²) in [6, 6.07) is 19.7. The number of rotatable bonds is 5. The Morgan fingerprint density at radius 1 is 1.15 bits per heavy atom. The van der Waals surface area contributed by atoms with Crippen LogP contribution in [0.3, 0.4) is 0 Å². The minimum Gasteiger partial charge on any atom is -0.496 e. The molecule has 3 aromatic carbocycles. The predicted molar refractivity (Wildman–Crippen MR) is 127 cm³/mol. The lowest BCUT2D eigenvalue weighted by atomic mass is 9.83. The molecule has 8 heteroatoms. The first-order valence-corrected chi connectivity index (χ1v) is 11.1. The van der Waals surface area contributed by atoms with Gasteiger partial charge in [0.2, 0.25) is 5.88 Å². The van der Waals surface area contributed by atoms with E-state index in [1.807, 2.05) is 18.2 Å². The van der Waals surface area contributed by atoms with Gasteiger partial charge in [0.15, 0.2) is 0 Å². The van der Waals surface area contributed by atoms with E-state index in [1.165, 1.54) is 0 Å². The molecule has 2 N–H and O–H groups in total. The lowest BCUT2D eigenvalue weighted by molar-refractivity contribution is -0.133. The molecule has 0 saturated carbocycles. The lowest BCUT2D eigenvalue weighted by Crippen LogP contribution is -2.21. The summed E-state index contributed by atoms with van der Waals surface area (Å²) in [5, 5.41) is 10.4. The molecular weight excluding hydrogens is 508 g/mol. The van der Waals surface area contributed by atoms with Crippen LogP contribution >= 0.6 is 27.5 Å². The van der Waals surface area contributed by atoms with Crippen LogP contribution in [0.4, 0.5) is 0 Å². The van der Waals surface area contributed by atoms with Crippen molar-refractivity contribution in [1.82, 2.24) is 0 Å². The molecule has 1 unspecified atom stereocenters. The number of benzene rings is 3. The molecule has 0 saturated heterocycles. The first-order valence-electron chi connectivity index (χ1n) is 9.89. The lowest BCUT2D eigenvalue weighted by Gasteiger charge is -2.27. The van der Waals surface area contributed by atoms with Crippen LogP contribution < -0.4 is 19.9 Å². The van der Waals surface area contributed by atoms with Crippen molar-refractivity contribution in [2.75, 3.05) is 7.11 Å². The highest BCUT2D eigenvalue weighted by Crippen LogP contribution is 2.46. The highest BCUT2D eigenvalue weighted by atomic mass is 79.9. The van der Waals surface area contributed by atoms with E-state index < -0.39 is 11.9 Å². The topological polar surface area (TPSA) is 94.6 Å². The summed E-state index contributed by atoms with van der Waals surface area (Å²) in [7, 11) is 1.56. The maximum atomic E-state index is 12.4. The third-order valence-corrected chi connectivity index (χ3v) is 5.93. The quantitative estimate of drug-likeness (QED) is 0.350. The summed E-state index contributed by atoms with van der Waals surface area (Å²) >= 11 is 9.36. The van der Waals surface area contributed by atoms with Crippen LogP contribution in [0.5, 0.6) is 17.2 Å². The van der Waals surface area contributed by atoms with Crippen LogP contribution in [0.25, 0.3) is 0 Å². The average molecular weight is 526 g/mol. The molecule has 0 radical (unpaired) electrons. The Balaban J connectivity index is 1.66. The van der Waals surface area contributed by atoms with E-state index in [4.69, 9.17) is 31.5 Å². The molecule has 33 heavy (non-hydrogen) atoms. The Labute approximate surface area is 204 Å².